The van der Waals surface area contributed by atoms with Crippen LogP contribution in [0.3, 0.4) is 0 Å². The molecule has 1 aliphatic rings. The third-order valence-corrected chi connectivity index (χ3v) is 3.43. The summed E-state index contributed by atoms with van der Waals surface area (Å²) in [5, 5.41) is 2.24. The first-order valence-corrected chi connectivity index (χ1v) is 6.23. The summed E-state index contributed by atoms with van der Waals surface area (Å²) in [4.78, 5) is 4.20. The molecule has 8 heteroatoms. The van der Waals surface area contributed by atoms with Crippen molar-refractivity contribution in [2.24, 2.45) is 5.73 Å². The molecule has 102 valence electrons. The molecule has 0 bridgehead atoms. The highest BCUT2D eigenvalue weighted by Crippen LogP contribution is 2.29. The molecule has 2 N–H and O–H groups in total. The lowest BCUT2D eigenvalue weighted by Gasteiger charge is -2.18. The van der Waals surface area contributed by atoms with E-state index in [2.05, 4.69) is 9.72 Å². The van der Waals surface area contributed by atoms with Gasteiger partial charge in [-0.15, -0.1) is 11.3 Å². The molecule has 0 amide bonds. The number of rotatable bonds is 4. The smallest absolute Gasteiger partial charge is 0.379 e. The molecule has 1 aliphatic heterocycles. The summed E-state index contributed by atoms with van der Waals surface area (Å²) in [5.74, 6) is 0. The van der Waals surface area contributed by atoms with Crippen LogP contribution in [0, 0.1) is 0 Å². The minimum Gasteiger partial charge on any atom is -0.379 e. The van der Waals surface area contributed by atoms with Gasteiger partial charge in [-0.3, -0.25) is 0 Å². The van der Waals surface area contributed by atoms with E-state index in [1.807, 2.05) is 0 Å². The predicted molar refractivity (Wildman–Crippen MR) is 59.1 cm³/mol. The maximum absolute atomic E-state index is 11.9. The minimum atomic E-state index is -4.31. The second kappa shape index (κ2) is 5.12. The van der Waals surface area contributed by atoms with Crippen molar-refractivity contribution in [1.82, 2.24) is 4.98 Å². The summed E-state index contributed by atoms with van der Waals surface area (Å²) in [6, 6.07) is 0. The summed E-state index contributed by atoms with van der Waals surface area (Å²) in [6.45, 7) is -0.451. The van der Waals surface area contributed by atoms with Gasteiger partial charge in [-0.25, -0.2) is 4.98 Å². The van der Waals surface area contributed by atoms with Crippen LogP contribution in [-0.2, 0) is 21.6 Å². The van der Waals surface area contributed by atoms with Gasteiger partial charge in [0.2, 0.25) is 0 Å². The van der Waals surface area contributed by atoms with Crippen molar-refractivity contribution < 1.29 is 22.6 Å². The van der Waals surface area contributed by atoms with E-state index >= 15 is 0 Å². The molecule has 0 spiro atoms. The van der Waals surface area contributed by atoms with Crippen molar-refractivity contribution in [3.63, 3.8) is 0 Å². The van der Waals surface area contributed by atoms with E-state index < -0.39 is 18.3 Å². The molecule has 2 heterocycles. The van der Waals surface area contributed by atoms with Gasteiger partial charge in [0.1, 0.15) is 11.6 Å². The zero-order valence-corrected chi connectivity index (χ0v) is 10.3. The number of hydrogen-bond donors (Lipinski definition) is 1. The fourth-order valence-corrected chi connectivity index (χ4v) is 2.48. The molecule has 1 atom stereocenters. The number of nitrogens with two attached hydrogens (primary N) is 1. The number of ether oxygens (including phenoxy) is 2. The zero-order valence-electron chi connectivity index (χ0n) is 9.50. The van der Waals surface area contributed by atoms with Crippen molar-refractivity contribution in [2.45, 2.75) is 24.7 Å². The van der Waals surface area contributed by atoms with Crippen molar-refractivity contribution in [2.75, 3.05) is 19.8 Å². The summed E-state index contributed by atoms with van der Waals surface area (Å²) in [7, 11) is 0. The lowest BCUT2D eigenvalue weighted by Crippen LogP contribution is -2.37. The Hall–Kier alpha value is -0.700. The quantitative estimate of drug-likeness (QED) is 0.915. The summed E-state index contributed by atoms with van der Waals surface area (Å²) in [5.41, 5.74) is 6.14. The molecular weight excluding hydrogens is 269 g/mol. The average molecular weight is 282 g/mol. The maximum Gasteiger partial charge on any atom is 0.411 e. The lowest BCUT2D eigenvalue weighted by molar-refractivity contribution is -0.176. The molecule has 0 aromatic carbocycles. The largest absolute Gasteiger partial charge is 0.411 e. The van der Waals surface area contributed by atoms with Gasteiger partial charge in [-0.1, -0.05) is 0 Å². The molecular formula is C10H13F3N2O2S. The van der Waals surface area contributed by atoms with Crippen LogP contribution in [-0.4, -0.2) is 31.0 Å². The van der Waals surface area contributed by atoms with Gasteiger partial charge in [0.15, 0.2) is 0 Å². The summed E-state index contributed by atoms with van der Waals surface area (Å²) in [6.07, 6.45) is -3.64. The van der Waals surface area contributed by atoms with Crippen LogP contribution in [0.1, 0.15) is 17.1 Å². The predicted octanol–water partition coefficient (Wildman–Crippen LogP) is 1.80. The minimum absolute atomic E-state index is 0.152. The number of aromatic nitrogens is 1. The van der Waals surface area contributed by atoms with Crippen molar-refractivity contribution in [1.29, 1.82) is 0 Å². The van der Waals surface area contributed by atoms with Crippen molar-refractivity contribution in [3.05, 3.63) is 16.1 Å². The summed E-state index contributed by atoms with van der Waals surface area (Å²) >= 11 is 1.25. The SMILES string of the molecule is NC1(c2csc(COCC(F)(F)F)n2)CCOC1. The van der Waals surface area contributed by atoms with Crippen LogP contribution < -0.4 is 5.73 Å². The van der Waals surface area contributed by atoms with Crippen LogP contribution in [0.5, 0.6) is 0 Å². The van der Waals surface area contributed by atoms with Gasteiger partial charge >= 0.3 is 6.18 Å². The molecule has 1 saturated heterocycles. The Morgan fingerprint density at radius 1 is 1.56 bits per heavy atom. The maximum atomic E-state index is 11.9. The van der Waals surface area contributed by atoms with E-state index in [-0.39, 0.29) is 6.61 Å². The highest BCUT2D eigenvalue weighted by atomic mass is 32.1. The average Bonchev–Trinajstić information content (AvgIpc) is 2.86. The molecule has 1 aromatic heterocycles. The summed E-state index contributed by atoms with van der Waals surface area (Å²) < 4.78 is 45.4. The van der Waals surface area contributed by atoms with Gasteiger partial charge in [0, 0.05) is 12.0 Å². The van der Waals surface area contributed by atoms with Gasteiger partial charge in [0.05, 0.1) is 24.4 Å². The normalized spacial score (nSPS) is 24.7. The van der Waals surface area contributed by atoms with Gasteiger partial charge in [0.25, 0.3) is 0 Å². The number of nitrogens with zero attached hydrogens (tertiary/aromatic N) is 1. The van der Waals surface area contributed by atoms with E-state index in [9.17, 15) is 13.2 Å². The monoisotopic (exact) mass is 282 g/mol. The fourth-order valence-electron chi connectivity index (χ4n) is 1.64. The molecule has 4 nitrogen and oxygen atoms in total. The first-order chi connectivity index (χ1) is 8.39. The van der Waals surface area contributed by atoms with Crippen LogP contribution in [0.15, 0.2) is 5.38 Å². The number of hydrogen-bond acceptors (Lipinski definition) is 5. The van der Waals surface area contributed by atoms with Crippen LogP contribution in [0.4, 0.5) is 13.2 Å². The van der Waals surface area contributed by atoms with Crippen molar-refractivity contribution in [3.8, 4) is 0 Å². The number of thiazole rings is 1. The molecule has 2 rings (SSSR count). The molecule has 0 saturated carbocycles. The zero-order chi connectivity index (χ0) is 13.2. The fraction of sp³-hybridized carbons (Fsp3) is 0.700. The standard InChI is InChI=1S/C10H13F3N2O2S/c11-10(12,13)6-17-3-8-15-7(4-18-8)9(14)1-2-16-5-9/h4H,1-3,5-6,14H2. The highest BCUT2D eigenvalue weighted by molar-refractivity contribution is 7.09. The molecule has 18 heavy (non-hydrogen) atoms. The number of halogens is 3. The molecule has 0 aliphatic carbocycles. The lowest BCUT2D eigenvalue weighted by atomic mass is 9.97. The molecule has 1 aromatic rings. The Labute approximate surface area is 106 Å². The highest BCUT2D eigenvalue weighted by Gasteiger charge is 2.34. The Morgan fingerprint density at radius 2 is 2.33 bits per heavy atom. The van der Waals surface area contributed by atoms with E-state index in [1.54, 1.807) is 5.38 Å². The second-order valence-corrected chi connectivity index (χ2v) is 5.14. The van der Waals surface area contributed by atoms with Gasteiger partial charge in [-0.05, 0) is 6.42 Å². The molecule has 0 radical (unpaired) electrons. The Morgan fingerprint density at radius 3 is 2.94 bits per heavy atom. The topological polar surface area (TPSA) is 57.4 Å². The third-order valence-electron chi connectivity index (χ3n) is 2.61. The Kier molecular flexibility index (Phi) is 3.90. The van der Waals surface area contributed by atoms with E-state index in [1.165, 1.54) is 11.3 Å². The van der Waals surface area contributed by atoms with Gasteiger partial charge < -0.3 is 15.2 Å². The van der Waals surface area contributed by atoms with E-state index in [0.717, 1.165) is 0 Å². The van der Waals surface area contributed by atoms with E-state index in [4.69, 9.17) is 10.5 Å². The molecule has 1 unspecified atom stereocenters. The van der Waals surface area contributed by atoms with E-state index in [0.29, 0.717) is 30.3 Å². The van der Waals surface area contributed by atoms with Crippen molar-refractivity contribution >= 4 is 11.3 Å². The van der Waals surface area contributed by atoms with Crippen LogP contribution in [0.2, 0.25) is 0 Å². The third kappa shape index (κ3) is 3.41. The number of alkyl halides is 3. The first kappa shape index (κ1) is 13.7. The first-order valence-electron chi connectivity index (χ1n) is 5.35. The van der Waals surface area contributed by atoms with Crippen LogP contribution >= 0.6 is 11.3 Å². The van der Waals surface area contributed by atoms with Crippen LogP contribution in [0.25, 0.3) is 0 Å². The second-order valence-electron chi connectivity index (χ2n) is 4.19. The Balaban J connectivity index is 1.90. The molecule has 1 fully saturated rings. The van der Waals surface area contributed by atoms with Gasteiger partial charge in [-0.2, -0.15) is 13.2 Å². The Bertz CT molecular complexity index is 402.